The normalized spacial score (nSPS) is 10.1. The molecule has 0 aliphatic rings. The van der Waals surface area contributed by atoms with Gasteiger partial charge in [-0.2, -0.15) is 0 Å². The van der Waals surface area contributed by atoms with E-state index < -0.39 is 0 Å². The Labute approximate surface area is 128 Å². The summed E-state index contributed by atoms with van der Waals surface area (Å²) in [4.78, 5) is 11.6. The van der Waals surface area contributed by atoms with E-state index in [1.807, 2.05) is 24.3 Å². The van der Waals surface area contributed by atoms with Crippen molar-refractivity contribution in [2.24, 2.45) is 0 Å². The van der Waals surface area contributed by atoms with Crippen LogP contribution in [0.25, 0.3) is 0 Å². The van der Waals surface area contributed by atoms with Gasteiger partial charge in [-0.3, -0.25) is 4.79 Å². The largest absolute Gasteiger partial charge is 0.504 e. The zero-order valence-corrected chi connectivity index (χ0v) is 12.1. The quantitative estimate of drug-likeness (QED) is 0.863. The number of carbonyl (C=O) groups excluding carboxylic acids is 1. The third kappa shape index (κ3) is 5.00. The summed E-state index contributed by atoms with van der Waals surface area (Å²) in [6.45, 7) is 0.371. The fourth-order valence-corrected chi connectivity index (χ4v) is 2.03. The maximum Gasteiger partial charge on any atom is 0.257 e. The highest BCUT2D eigenvalue weighted by molar-refractivity contribution is 6.30. The molecule has 21 heavy (non-hydrogen) atoms. The number of phenols is 1. The molecule has 2 N–H and O–H groups in total. The number of aromatic hydroxyl groups is 1. The van der Waals surface area contributed by atoms with Crippen LogP contribution in [0.5, 0.6) is 11.5 Å². The van der Waals surface area contributed by atoms with Gasteiger partial charge in [0, 0.05) is 11.6 Å². The molecule has 110 valence electrons. The van der Waals surface area contributed by atoms with E-state index in [1.165, 1.54) is 6.07 Å². The fraction of sp³-hybridized carbons (Fsp3) is 0.188. The monoisotopic (exact) mass is 305 g/mol. The summed E-state index contributed by atoms with van der Waals surface area (Å²) in [7, 11) is 0. The molecule has 0 saturated heterocycles. The van der Waals surface area contributed by atoms with E-state index in [-0.39, 0.29) is 18.3 Å². The van der Waals surface area contributed by atoms with E-state index in [0.29, 0.717) is 23.7 Å². The number of halogens is 1. The van der Waals surface area contributed by atoms with Gasteiger partial charge in [0.2, 0.25) is 0 Å². The summed E-state index contributed by atoms with van der Waals surface area (Å²) >= 11 is 5.89. The van der Waals surface area contributed by atoms with Crippen LogP contribution in [0.4, 0.5) is 0 Å². The van der Waals surface area contributed by atoms with Crippen LogP contribution in [0.1, 0.15) is 5.56 Å². The number of nitrogens with one attached hydrogen (secondary N) is 1. The number of ether oxygens (including phenoxy) is 1. The molecule has 0 unspecified atom stereocenters. The van der Waals surface area contributed by atoms with Crippen molar-refractivity contribution in [2.75, 3.05) is 13.2 Å². The summed E-state index contributed by atoms with van der Waals surface area (Å²) in [6.07, 6.45) is 0.697. The van der Waals surface area contributed by atoms with Crippen molar-refractivity contribution in [3.8, 4) is 11.5 Å². The minimum atomic E-state index is -0.236. The molecule has 0 fully saturated rings. The second-order valence-corrected chi connectivity index (χ2v) is 4.92. The van der Waals surface area contributed by atoms with E-state index in [9.17, 15) is 9.90 Å². The Morgan fingerprint density at radius 2 is 2.00 bits per heavy atom. The van der Waals surface area contributed by atoms with Gasteiger partial charge in [-0.25, -0.2) is 0 Å². The number of rotatable bonds is 6. The van der Waals surface area contributed by atoms with Crippen LogP contribution in [-0.2, 0) is 11.2 Å². The van der Waals surface area contributed by atoms with Crippen molar-refractivity contribution in [3.05, 3.63) is 59.1 Å². The highest BCUT2D eigenvalue weighted by Gasteiger charge is 2.05. The molecule has 0 heterocycles. The molecule has 2 rings (SSSR count). The second-order valence-electron chi connectivity index (χ2n) is 4.49. The smallest absolute Gasteiger partial charge is 0.257 e. The molecule has 2 aromatic carbocycles. The SMILES string of the molecule is O=C(COc1ccccc1O)NCCc1cccc(Cl)c1. The summed E-state index contributed by atoms with van der Waals surface area (Å²) in [6, 6.07) is 14.0. The minimum Gasteiger partial charge on any atom is -0.504 e. The first kappa shape index (κ1) is 15.2. The van der Waals surface area contributed by atoms with E-state index in [0.717, 1.165) is 5.56 Å². The molecule has 0 bridgehead atoms. The van der Waals surface area contributed by atoms with Gasteiger partial charge < -0.3 is 15.2 Å². The average Bonchev–Trinajstić information content (AvgIpc) is 2.46. The molecule has 0 aliphatic carbocycles. The molecule has 1 amide bonds. The lowest BCUT2D eigenvalue weighted by Gasteiger charge is -2.08. The predicted molar refractivity (Wildman–Crippen MR) is 81.8 cm³/mol. The number of hydrogen-bond donors (Lipinski definition) is 2. The summed E-state index contributed by atoms with van der Waals surface area (Å²) in [5.74, 6) is 0.0759. The van der Waals surface area contributed by atoms with Crippen molar-refractivity contribution >= 4 is 17.5 Å². The summed E-state index contributed by atoms with van der Waals surface area (Å²) < 4.78 is 5.24. The molecular weight excluding hydrogens is 290 g/mol. The number of carbonyl (C=O) groups is 1. The Kier molecular flexibility index (Phi) is 5.46. The van der Waals surface area contributed by atoms with Gasteiger partial charge in [-0.15, -0.1) is 0 Å². The molecule has 0 atom stereocenters. The topological polar surface area (TPSA) is 58.6 Å². The van der Waals surface area contributed by atoms with Crippen molar-refractivity contribution < 1.29 is 14.6 Å². The standard InChI is InChI=1S/C16H16ClNO3/c17-13-5-3-4-12(10-13)8-9-18-16(20)11-21-15-7-2-1-6-14(15)19/h1-7,10,19H,8-9,11H2,(H,18,20). The van der Waals surface area contributed by atoms with Crippen LogP contribution in [0.15, 0.2) is 48.5 Å². The Hall–Kier alpha value is -2.20. The van der Waals surface area contributed by atoms with Gasteiger partial charge in [-0.05, 0) is 36.2 Å². The Morgan fingerprint density at radius 3 is 2.76 bits per heavy atom. The van der Waals surface area contributed by atoms with Crippen LogP contribution < -0.4 is 10.1 Å². The Bertz CT molecular complexity index is 616. The van der Waals surface area contributed by atoms with Gasteiger partial charge in [0.05, 0.1) is 0 Å². The van der Waals surface area contributed by atoms with Crippen LogP contribution in [0.3, 0.4) is 0 Å². The third-order valence-electron chi connectivity index (χ3n) is 2.85. The second kappa shape index (κ2) is 7.55. The maximum atomic E-state index is 11.6. The summed E-state index contributed by atoms with van der Waals surface area (Å²) in [5, 5.41) is 12.9. The predicted octanol–water partition coefficient (Wildman–Crippen LogP) is 2.78. The number of phenolic OH excluding ortho intramolecular Hbond substituents is 1. The lowest BCUT2D eigenvalue weighted by molar-refractivity contribution is -0.123. The first-order valence-electron chi connectivity index (χ1n) is 6.57. The molecule has 4 nitrogen and oxygen atoms in total. The molecule has 0 aromatic heterocycles. The van der Waals surface area contributed by atoms with Gasteiger partial charge >= 0.3 is 0 Å². The van der Waals surface area contributed by atoms with E-state index in [4.69, 9.17) is 16.3 Å². The molecule has 2 aromatic rings. The lowest BCUT2D eigenvalue weighted by Crippen LogP contribution is -2.30. The molecule has 0 radical (unpaired) electrons. The van der Waals surface area contributed by atoms with Gasteiger partial charge in [0.1, 0.15) is 0 Å². The van der Waals surface area contributed by atoms with Crippen LogP contribution in [-0.4, -0.2) is 24.2 Å². The highest BCUT2D eigenvalue weighted by atomic mass is 35.5. The van der Waals surface area contributed by atoms with Crippen molar-refractivity contribution in [2.45, 2.75) is 6.42 Å². The minimum absolute atomic E-state index is 0.0178. The van der Waals surface area contributed by atoms with Gasteiger partial charge in [0.15, 0.2) is 18.1 Å². The molecular formula is C16H16ClNO3. The van der Waals surface area contributed by atoms with Crippen molar-refractivity contribution in [1.29, 1.82) is 0 Å². The number of amides is 1. The van der Waals surface area contributed by atoms with Crippen LogP contribution >= 0.6 is 11.6 Å². The highest BCUT2D eigenvalue weighted by Crippen LogP contribution is 2.23. The van der Waals surface area contributed by atoms with E-state index in [2.05, 4.69) is 5.32 Å². The lowest BCUT2D eigenvalue weighted by atomic mass is 10.1. The van der Waals surface area contributed by atoms with E-state index in [1.54, 1.807) is 18.2 Å². The Morgan fingerprint density at radius 1 is 1.19 bits per heavy atom. The van der Waals surface area contributed by atoms with Crippen LogP contribution in [0.2, 0.25) is 5.02 Å². The molecule has 0 spiro atoms. The van der Waals surface area contributed by atoms with Gasteiger partial charge in [0.25, 0.3) is 5.91 Å². The number of para-hydroxylation sites is 2. The van der Waals surface area contributed by atoms with E-state index >= 15 is 0 Å². The number of benzene rings is 2. The fourth-order valence-electron chi connectivity index (χ4n) is 1.81. The Balaban J connectivity index is 1.72. The average molecular weight is 306 g/mol. The molecule has 0 saturated carbocycles. The van der Waals surface area contributed by atoms with Crippen molar-refractivity contribution in [1.82, 2.24) is 5.32 Å². The summed E-state index contributed by atoms with van der Waals surface area (Å²) in [5.41, 5.74) is 1.06. The maximum absolute atomic E-state index is 11.6. The molecule has 5 heteroatoms. The zero-order valence-electron chi connectivity index (χ0n) is 11.4. The first-order valence-corrected chi connectivity index (χ1v) is 6.95. The van der Waals surface area contributed by atoms with Crippen LogP contribution in [0, 0.1) is 0 Å². The third-order valence-corrected chi connectivity index (χ3v) is 3.08. The molecule has 0 aliphatic heterocycles. The van der Waals surface area contributed by atoms with Gasteiger partial charge in [-0.1, -0.05) is 35.9 Å². The number of hydrogen-bond acceptors (Lipinski definition) is 3. The zero-order chi connectivity index (χ0) is 15.1. The van der Waals surface area contributed by atoms with Crippen molar-refractivity contribution in [3.63, 3.8) is 0 Å². The first-order chi connectivity index (χ1) is 10.1.